The third kappa shape index (κ3) is 4.76. The number of aryl methyl sites for hydroxylation is 1. The maximum absolute atomic E-state index is 12.0. The molecule has 21 heavy (non-hydrogen) atoms. The Balaban J connectivity index is 1.87. The minimum atomic E-state index is -0.000565. The van der Waals surface area contributed by atoms with Crippen molar-refractivity contribution in [2.45, 2.75) is 25.8 Å². The van der Waals surface area contributed by atoms with Gasteiger partial charge in [-0.15, -0.1) is 0 Å². The molecule has 0 saturated carbocycles. The van der Waals surface area contributed by atoms with Gasteiger partial charge in [-0.05, 0) is 36.6 Å². The summed E-state index contributed by atoms with van der Waals surface area (Å²) in [5, 5.41) is 4.20. The average molecular weight is 322 g/mol. The number of rotatable bonds is 5. The van der Waals surface area contributed by atoms with Gasteiger partial charge >= 0.3 is 0 Å². The maximum Gasteiger partial charge on any atom is 0.220 e. The van der Waals surface area contributed by atoms with Crippen molar-refractivity contribution in [1.29, 1.82) is 0 Å². The molecule has 1 atom stereocenters. The SMILES string of the molecule is C[C@@H](NC(=O)CCc1ccc(Cl)cc1Cl)c1ccccc1. The topological polar surface area (TPSA) is 29.1 Å². The molecule has 2 aromatic rings. The van der Waals surface area contributed by atoms with Crippen LogP contribution in [0.3, 0.4) is 0 Å². The molecule has 110 valence electrons. The van der Waals surface area contributed by atoms with E-state index in [0.717, 1.165) is 11.1 Å². The summed E-state index contributed by atoms with van der Waals surface area (Å²) in [6.07, 6.45) is 1.00. The lowest BCUT2D eigenvalue weighted by atomic mass is 10.1. The quantitative estimate of drug-likeness (QED) is 0.841. The average Bonchev–Trinajstić information content (AvgIpc) is 2.47. The van der Waals surface area contributed by atoms with Crippen LogP contribution in [0.5, 0.6) is 0 Å². The van der Waals surface area contributed by atoms with Gasteiger partial charge in [0.15, 0.2) is 0 Å². The van der Waals surface area contributed by atoms with Crippen molar-refractivity contribution in [3.05, 3.63) is 69.7 Å². The van der Waals surface area contributed by atoms with Gasteiger partial charge in [0.2, 0.25) is 5.91 Å². The van der Waals surface area contributed by atoms with E-state index in [1.165, 1.54) is 0 Å². The molecule has 0 bridgehead atoms. The van der Waals surface area contributed by atoms with Crippen LogP contribution in [0.2, 0.25) is 10.0 Å². The number of hydrogen-bond acceptors (Lipinski definition) is 1. The molecule has 0 spiro atoms. The molecule has 1 N–H and O–H groups in total. The summed E-state index contributed by atoms with van der Waals surface area (Å²) in [6.45, 7) is 1.97. The molecular weight excluding hydrogens is 305 g/mol. The number of carbonyl (C=O) groups excluding carboxylic acids is 1. The fourth-order valence-electron chi connectivity index (χ4n) is 2.11. The Bertz CT molecular complexity index is 613. The third-order valence-electron chi connectivity index (χ3n) is 3.31. The molecule has 0 aliphatic carbocycles. The van der Waals surface area contributed by atoms with Gasteiger partial charge in [-0.1, -0.05) is 59.6 Å². The molecule has 2 nitrogen and oxygen atoms in total. The van der Waals surface area contributed by atoms with Gasteiger partial charge in [-0.3, -0.25) is 4.79 Å². The fraction of sp³-hybridized carbons (Fsp3) is 0.235. The molecule has 0 aliphatic rings. The van der Waals surface area contributed by atoms with E-state index >= 15 is 0 Å². The first-order valence-electron chi connectivity index (χ1n) is 6.84. The van der Waals surface area contributed by atoms with Crippen LogP contribution in [0.1, 0.15) is 30.5 Å². The van der Waals surface area contributed by atoms with E-state index in [-0.39, 0.29) is 11.9 Å². The van der Waals surface area contributed by atoms with Crippen molar-refractivity contribution in [2.24, 2.45) is 0 Å². The minimum absolute atomic E-state index is 0.000565. The summed E-state index contributed by atoms with van der Waals surface area (Å²) in [6, 6.07) is 15.2. The number of benzene rings is 2. The highest BCUT2D eigenvalue weighted by atomic mass is 35.5. The highest BCUT2D eigenvalue weighted by Gasteiger charge is 2.10. The van der Waals surface area contributed by atoms with Crippen LogP contribution in [0.25, 0.3) is 0 Å². The van der Waals surface area contributed by atoms with E-state index in [2.05, 4.69) is 5.32 Å². The molecular formula is C17H17Cl2NO. The zero-order valence-electron chi connectivity index (χ0n) is 11.8. The molecule has 0 aliphatic heterocycles. The van der Waals surface area contributed by atoms with E-state index in [0.29, 0.717) is 22.9 Å². The zero-order valence-corrected chi connectivity index (χ0v) is 13.3. The van der Waals surface area contributed by atoms with Gasteiger partial charge in [0.05, 0.1) is 6.04 Å². The van der Waals surface area contributed by atoms with Crippen LogP contribution in [-0.4, -0.2) is 5.91 Å². The Labute approximate surface area is 135 Å². The number of amides is 1. The van der Waals surface area contributed by atoms with Crippen LogP contribution in [0.4, 0.5) is 0 Å². The molecule has 4 heteroatoms. The van der Waals surface area contributed by atoms with Crippen LogP contribution in [-0.2, 0) is 11.2 Å². The molecule has 1 amide bonds. The smallest absolute Gasteiger partial charge is 0.220 e. The molecule has 0 aromatic heterocycles. The van der Waals surface area contributed by atoms with Crippen molar-refractivity contribution in [1.82, 2.24) is 5.32 Å². The standard InChI is InChI=1S/C17H17Cl2NO/c1-12(13-5-3-2-4-6-13)20-17(21)10-8-14-7-9-15(18)11-16(14)19/h2-7,9,11-12H,8,10H2,1H3,(H,20,21)/t12-/m1/s1. The van der Waals surface area contributed by atoms with Crippen LogP contribution >= 0.6 is 23.2 Å². The highest BCUT2D eigenvalue weighted by Crippen LogP contribution is 2.22. The van der Waals surface area contributed by atoms with Gasteiger partial charge in [-0.25, -0.2) is 0 Å². The van der Waals surface area contributed by atoms with Gasteiger partial charge in [0, 0.05) is 16.5 Å². The zero-order chi connectivity index (χ0) is 15.2. The lowest BCUT2D eigenvalue weighted by molar-refractivity contribution is -0.121. The van der Waals surface area contributed by atoms with Crippen LogP contribution in [0, 0.1) is 0 Å². The first-order chi connectivity index (χ1) is 10.1. The highest BCUT2D eigenvalue weighted by molar-refractivity contribution is 6.35. The van der Waals surface area contributed by atoms with Crippen molar-refractivity contribution in [3.63, 3.8) is 0 Å². The Morgan fingerprint density at radius 2 is 1.86 bits per heavy atom. The molecule has 0 unspecified atom stereocenters. The van der Waals surface area contributed by atoms with Crippen LogP contribution in [0.15, 0.2) is 48.5 Å². The molecule has 2 rings (SSSR count). The van der Waals surface area contributed by atoms with Crippen molar-refractivity contribution < 1.29 is 4.79 Å². The predicted octanol–water partition coefficient (Wildman–Crippen LogP) is 4.80. The Morgan fingerprint density at radius 3 is 2.52 bits per heavy atom. The fourth-order valence-corrected chi connectivity index (χ4v) is 2.61. The molecule has 2 aromatic carbocycles. The lowest BCUT2D eigenvalue weighted by Crippen LogP contribution is -2.26. The Kier molecular flexibility index (Phi) is 5.66. The third-order valence-corrected chi connectivity index (χ3v) is 3.90. The molecule has 0 radical (unpaired) electrons. The molecule has 0 saturated heterocycles. The normalized spacial score (nSPS) is 12.0. The van der Waals surface area contributed by atoms with E-state index in [9.17, 15) is 4.79 Å². The van der Waals surface area contributed by atoms with Crippen molar-refractivity contribution in [3.8, 4) is 0 Å². The summed E-state index contributed by atoms with van der Waals surface area (Å²) in [4.78, 5) is 12.0. The Morgan fingerprint density at radius 1 is 1.14 bits per heavy atom. The van der Waals surface area contributed by atoms with Crippen molar-refractivity contribution >= 4 is 29.1 Å². The molecule has 0 heterocycles. The van der Waals surface area contributed by atoms with Crippen molar-refractivity contribution in [2.75, 3.05) is 0 Å². The van der Waals surface area contributed by atoms with Crippen LogP contribution < -0.4 is 5.32 Å². The number of halogens is 2. The van der Waals surface area contributed by atoms with E-state index < -0.39 is 0 Å². The second-order valence-corrected chi connectivity index (χ2v) is 5.78. The van der Waals surface area contributed by atoms with Gasteiger partial charge in [-0.2, -0.15) is 0 Å². The number of hydrogen-bond donors (Lipinski definition) is 1. The molecule has 0 fully saturated rings. The largest absolute Gasteiger partial charge is 0.350 e. The minimum Gasteiger partial charge on any atom is -0.350 e. The Hall–Kier alpha value is -1.51. The first-order valence-corrected chi connectivity index (χ1v) is 7.60. The lowest BCUT2D eigenvalue weighted by Gasteiger charge is -2.14. The summed E-state index contributed by atoms with van der Waals surface area (Å²) < 4.78 is 0. The summed E-state index contributed by atoms with van der Waals surface area (Å²) in [5.74, 6) is 0.0115. The monoisotopic (exact) mass is 321 g/mol. The van der Waals surface area contributed by atoms with Gasteiger partial charge < -0.3 is 5.32 Å². The van der Waals surface area contributed by atoms with Gasteiger partial charge in [0.1, 0.15) is 0 Å². The predicted molar refractivity (Wildman–Crippen MR) is 87.8 cm³/mol. The van der Waals surface area contributed by atoms with Gasteiger partial charge in [0.25, 0.3) is 0 Å². The van der Waals surface area contributed by atoms with E-state index in [4.69, 9.17) is 23.2 Å². The summed E-state index contributed by atoms with van der Waals surface area (Å²) in [5.41, 5.74) is 2.03. The number of carbonyl (C=O) groups is 1. The second-order valence-electron chi connectivity index (χ2n) is 4.94. The summed E-state index contributed by atoms with van der Waals surface area (Å²) in [7, 11) is 0. The van der Waals surface area contributed by atoms with E-state index in [1.54, 1.807) is 12.1 Å². The maximum atomic E-state index is 12.0. The first kappa shape index (κ1) is 15.9. The number of nitrogens with one attached hydrogen (secondary N) is 1. The van der Waals surface area contributed by atoms with E-state index in [1.807, 2.05) is 43.3 Å². The second kappa shape index (κ2) is 7.48. The summed E-state index contributed by atoms with van der Waals surface area (Å²) >= 11 is 12.0.